The molecular formula is C3H8F3NSi. The van der Waals surface area contributed by atoms with Gasteiger partial charge in [-0.1, -0.05) is 0 Å². The van der Waals surface area contributed by atoms with Crippen LogP contribution >= 0.6 is 0 Å². The molecule has 0 N–H and O–H groups in total. The van der Waals surface area contributed by atoms with Crippen LogP contribution in [-0.4, -0.2) is 34.7 Å². The van der Waals surface area contributed by atoms with Crippen molar-refractivity contribution in [1.29, 1.82) is 0 Å². The molecular weight excluding hydrogens is 135 g/mol. The van der Waals surface area contributed by atoms with E-state index in [1.54, 1.807) is 0 Å². The fraction of sp³-hybridized carbons (Fsp3) is 1.00. The summed E-state index contributed by atoms with van der Waals surface area (Å²) in [6, 6.07) is 0. The van der Waals surface area contributed by atoms with Gasteiger partial charge >= 0.3 is 6.18 Å². The van der Waals surface area contributed by atoms with Gasteiger partial charge in [-0.2, -0.15) is 13.2 Å². The zero-order valence-electron chi connectivity index (χ0n) is 4.79. The Kier molecular flexibility index (Phi) is 2.49. The van der Waals surface area contributed by atoms with Gasteiger partial charge < -0.3 is 4.57 Å². The van der Waals surface area contributed by atoms with E-state index in [1.807, 2.05) is 0 Å². The molecule has 0 aromatic carbocycles. The molecule has 0 aromatic rings. The van der Waals surface area contributed by atoms with Gasteiger partial charge in [0.15, 0.2) is 0 Å². The summed E-state index contributed by atoms with van der Waals surface area (Å²) < 4.78 is 35.1. The van der Waals surface area contributed by atoms with Crippen LogP contribution in [0.4, 0.5) is 13.2 Å². The number of hydrogen-bond acceptors (Lipinski definition) is 1. The Bertz CT molecular complexity index is 69.4. The summed E-state index contributed by atoms with van der Waals surface area (Å²) in [7, 11) is 1.91. The molecule has 0 saturated carbocycles. The van der Waals surface area contributed by atoms with Gasteiger partial charge in [0.05, 0.1) is 16.9 Å². The molecule has 0 spiro atoms. The lowest BCUT2D eigenvalue weighted by Crippen LogP contribution is -2.28. The second-order valence-corrected chi connectivity index (χ2v) is 3.38. The second kappa shape index (κ2) is 2.50. The first kappa shape index (κ1) is 7.97. The van der Waals surface area contributed by atoms with E-state index in [-0.39, 0.29) is 0 Å². The van der Waals surface area contributed by atoms with Crippen molar-refractivity contribution in [2.75, 3.05) is 13.6 Å². The fourth-order valence-corrected chi connectivity index (χ4v) is 0.717. The van der Waals surface area contributed by atoms with Gasteiger partial charge in [-0.15, -0.1) is 0 Å². The largest absolute Gasteiger partial charge is 0.400 e. The summed E-state index contributed by atoms with van der Waals surface area (Å²) in [6.45, 7) is -0.779. The maximum atomic E-state index is 11.3. The molecule has 0 aliphatic rings. The predicted octanol–water partition coefficient (Wildman–Crippen LogP) is -0.239. The first-order chi connectivity index (χ1) is 3.42. The van der Waals surface area contributed by atoms with Crippen LogP contribution in [0.15, 0.2) is 0 Å². The van der Waals surface area contributed by atoms with Crippen LogP contribution in [0.2, 0.25) is 0 Å². The number of halogens is 3. The van der Waals surface area contributed by atoms with Gasteiger partial charge in [0, 0.05) is 0 Å². The Morgan fingerprint density at radius 2 is 1.88 bits per heavy atom. The Balaban J connectivity index is 3.39. The third-order valence-corrected chi connectivity index (χ3v) is 0.812. The maximum Gasteiger partial charge on any atom is 0.400 e. The molecule has 0 aliphatic heterocycles. The highest BCUT2D eigenvalue weighted by Crippen LogP contribution is 2.13. The van der Waals surface area contributed by atoms with Crippen LogP contribution < -0.4 is 0 Å². The monoisotopic (exact) mass is 143 g/mol. The van der Waals surface area contributed by atoms with E-state index < -0.39 is 12.7 Å². The molecule has 5 heteroatoms. The topological polar surface area (TPSA) is 3.24 Å². The minimum Gasteiger partial charge on any atom is -0.327 e. The summed E-state index contributed by atoms with van der Waals surface area (Å²) in [4.78, 5) is 0. The van der Waals surface area contributed by atoms with E-state index in [9.17, 15) is 13.2 Å². The molecule has 0 aliphatic carbocycles. The summed E-state index contributed by atoms with van der Waals surface area (Å²) in [5, 5.41) is 0. The molecule has 0 radical (unpaired) electrons. The molecule has 0 rings (SSSR count). The molecule has 0 aromatic heterocycles. The van der Waals surface area contributed by atoms with Crippen molar-refractivity contribution in [3.8, 4) is 0 Å². The first-order valence-electron chi connectivity index (χ1n) is 2.13. The van der Waals surface area contributed by atoms with Gasteiger partial charge in [-0.3, -0.25) is 0 Å². The summed E-state index contributed by atoms with van der Waals surface area (Å²) in [5.74, 6) is 0. The van der Waals surface area contributed by atoms with Gasteiger partial charge in [-0.05, 0) is 7.05 Å². The normalized spacial score (nSPS) is 13.1. The van der Waals surface area contributed by atoms with Crippen molar-refractivity contribution in [3.05, 3.63) is 0 Å². The molecule has 0 unspecified atom stereocenters. The standard InChI is InChI=1S/C3H8F3NSi/c1-7(8)2-3(4,5)6/h2H2,1,8H3. The highest BCUT2D eigenvalue weighted by atomic mass is 28.2. The van der Waals surface area contributed by atoms with Gasteiger partial charge in [-0.25, -0.2) is 0 Å². The predicted molar refractivity (Wildman–Crippen MR) is 28.6 cm³/mol. The number of alkyl halides is 3. The highest BCUT2D eigenvalue weighted by molar-refractivity contribution is 6.04. The van der Waals surface area contributed by atoms with Crippen molar-refractivity contribution >= 4 is 10.4 Å². The number of nitrogens with zero attached hydrogens (tertiary/aromatic N) is 1. The van der Waals surface area contributed by atoms with E-state index in [0.717, 1.165) is 0 Å². The van der Waals surface area contributed by atoms with Crippen molar-refractivity contribution in [2.24, 2.45) is 0 Å². The van der Waals surface area contributed by atoms with Crippen LogP contribution in [0.1, 0.15) is 0 Å². The van der Waals surface area contributed by atoms with Gasteiger partial charge in [0.1, 0.15) is 0 Å². The lowest BCUT2D eigenvalue weighted by atomic mass is 10.6. The summed E-state index contributed by atoms with van der Waals surface area (Å²) >= 11 is 0. The Morgan fingerprint density at radius 1 is 1.50 bits per heavy atom. The highest BCUT2D eigenvalue weighted by Gasteiger charge is 2.27. The molecule has 0 atom stereocenters. The average molecular weight is 143 g/mol. The lowest BCUT2D eigenvalue weighted by Gasteiger charge is -2.11. The molecule has 0 fully saturated rings. The number of rotatable bonds is 1. The van der Waals surface area contributed by atoms with Gasteiger partial charge in [0.2, 0.25) is 0 Å². The lowest BCUT2D eigenvalue weighted by molar-refractivity contribution is -0.134. The second-order valence-electron chi connectivity index (χ2n) is 1.85. The maximum absolute atomic E-state index is 11.3. The van der Waals surface area contributed by atoms with E-state index in [4.69, 9.17) is 0 Å². The molecule has 0 amide bonds. The Morgan fingerprint density at radius 3 is 1.88 bits per heavy atom. The van der Waals surface area contributed by atoms with Crippen molar-refractivity contribution in [1.82, 2.24) is 4.57 Å². The van der Waals surface area contributed by atoms with Gasteiger partial charge in [0.25, 0.3) is 0 Å². The molecule has 8 heavy (non-hydrogen) atoms. The van der Waals surface area contributed by atoms with E-state index in [1.165, 1.54) is 11.6 Å². The van der Waals surface area contributed by atoms with E-state index in [0.29, 0.717) is 10.4 Å². The molecule has 0 bridgehead atoms. The molecule has 50 valence electrons. The quantitative estimate of drug-likeness (QED) is 0.458. The van der Waals surface area contributed by atoms with E-state index in [2.05, 4.69) is 0 Å². The minimum atomic E-state index is -4.02. The third kappa shape index (κ3) is 5.97. The van der Waals surface area contributed by atoms with Crippen LogP contribution in [0, 0.1) is 0 Å². The Hall–Kier alpha value is -0.0331. The fourth-order valence-electron chi connectivity index (χ4n) is 0.359. The Labute approximate surface area is 49.0 Å². The van der Waals surface area contributed by atoms with Crippen LogP contribution in [0.3, 0.4) is 0 Å². The SMILES string of the molecule is CN([SiH3])CC(F)(F)F. The zero-order chi connectivity index (χ0) is 6.78. The van der Waals surface area contributed by atoms with E-state index >= 15 is 0 Å². The molecule has 0 saturated heterocycles. The van der Waals surface area contributed by atoms with Crippen LogP contribution in [-0.2, 0) is 0 Å². The smallest absolute Gasteiger partial charge is 0.327 e. The number of hydrogen-bond donors (Lipinski definition) is 0. The zero-order valence-corrected chi connectivity index (χ0v) is 6.79. The minimum absolute atomic E-state index is 0.463. The van der Waals surface area contributed by atoms with Crippen molar-refractivity contribution in [2.45, 2.75) is 6.18 Å². The van der Waals surface area contributed by atoms with Crippen LogP contribution in [0.25, 0.3) is 0 Å². The van der Waals surface area contributed by atoms with Crippen molar-refractivity contribution < 1.29 is 13.2 Å². The van der Waals surface area contributed by atoms with Crippen molar-refractivity contribution in [3.63, 3.8) is 0 Å². The summed E-state index contributed by atoms with van der Waals surface area (Å²) in [6.07, 6.45) is -4.02. The van der Waals surface area contributed by atoms with Crippen LogP contribution in [0.5, 0.6) is 0 Å². The first-order valence-corrected chi connectivity index (χ1v) is 3.03. The molecule has 1 nitrogen and oxygen atoms in total. The summed E-state index contributed by atoms with van der Waals surface area (Å²) in [5.41, 5.74) is 0. The average Bonchev–Trinajstić information content (AvgIpc) is 1.21. The molecule has 0 heterocycles. The third-order valence-electron chi connectivity index (χ3n) is 0.496.